The van der Waals surface area contributed by atoms with Crippen LogP contribution in [-0.4, -0.2) is 47.3 Å². The van der Waals surface area contributed by atoms with Gasteiger partial charge in [0, 0.05) is 33.2 Å². The average Bonchev–Trinajstić information content (AvgIpc) is 3.08. The molecule has 1 aromatic heterocycles. The number of methoxy groups -OCH3 is 1. The number of carbonyl (C=O) groups is 2. The third-order valence-electron chi connectivity index (χ3n) is 5.09. The SMILES string of the molecule is COc1c2n(cc(C(=O)NCc3ccccc3)c1=O)C[C@H]1OC[C@H](C)N1C2=O.[CH3-].[Re]. The third-order valence-corrected chi connectivity index (χ3v) is 5.09. The van der Waals surface area contributed by atoms with Gasteiger partial charge in [0.2, 0.25) is 5.43 Å². The van der Waals surface area contributed by atoms with Crippen molar-refractivity contribution < 1.29 is 39.5 Å². The van der Waals surface area contributed by atoms with Gasteiger partial charge in [-0.3, -0.25) is 14.4 Å². The van der Waals surface area contributed by atoms with Crippen LogP contribution < -0.4 is 15.5 Å². The first-order valence-electron chi connectivity index (χ1n) is 9.09. The van der Waals surface area contributed by atoms with Crippen LogP contribution in [0.15, 0.2) is 41.3 Å². The number of carbonyl (C=O) groups excluding carboxylic acids is 2. The molecule has 2 atom stereocenters. The maximum Gasteiger partial charge on any atom is 0.276 e. The van der Waals surface area contributed by atoms with Crippen molar-refractivity contribution in [2.75, 3.05) is 13.7 Å². The number of fused-ring (bicyclic) bond motifs is 2. The van der Waals surface area contributed by atoms with E-state index in [0.29, 0.717) is 19.7 Å². The Kier molecular flexibility index (Phi) is 7.59. The number of rotatable bonds is 4. The summed E-state index contributed by atoms with van der Waals surface area (Å²) in [5.41, 5.74) is 0.406. The zero-order chi connectivity index (χ0) is 19.8. The fourth-order valence-electron chi connectivity index (χ4n) is 3.68. The Morgan fingerprint density at radius 1 is 1.27 bits per heavy atom. The van der Waals surface area contributed by atoms with Gasteiger partial charge < -0.3 is 31.7 Å². The van der Waals surface area contributed by atoms with Crippen molar-refractivity contribution in [2.24, 2.45) is 0 Å². The van der Waals surface area contributed by atoms with Crippen LogP contribution in [0.2, 0.25) is 0 Å². The second-order valence-corrected chi connectivity index (χ2v) is 6.92. The van der Waals surface area contributed by atoms with Crippen molar-refractivity contribution in [3.05, 3.63) is 71.0 Å². The predicted octanol–water partition coefficient (Wildman–Crippen LogP) is 1.44. The Bertz CT molecular complexity index is 992. The average molecular weight is 585 g/mol. The third kappa shape index (κ3) is 4.06. The molecule has 3 heterocycles. The molecule has 0 unspecified atom stereocenters. The van der Waals surface area contributed by atoms with E-state index in [2.05, 4.69) is 5.32 Å². The molecule has 2 amide bonds. The van der Waals surface area contributed by atoms with Gasteiger partial charge in [-0.05, 0) is 12.5 Å². The van der Waals surface area contributed by atoms with Crippen LogP contribution in [-0.2, 0) is 38.2 Å². The van der Waals surface area contributed by atoms with E-state index in [9.17, 15) is 14.4 Å². The van der Waals surface area contributed by atoms with E-state index in [4.69, 9.17) is 9.47 Å². The van der Waals surface area contributed by atoms with Gasteiger partial charge in [-0.15, -0.1) is 0 Å². The summed E-state index contributed by atoms with van der Waals surface area (Å²) in [6.07, 6.45) is 1.00. The number of hydrogen-bond acceptors (Lipinski definition) is 5. The van der Waals surface area contributed by atoms with Gasteiger partial charge in [0.25, 0.3) is 11.8 Å². The summed E-state index contributed by atoms with van der Waals surface area (Å²) < 4.78 is 12.5. The molecule has 0 bridgehead atoms. The van der Waals surface area contributed by atoms with E-state index in [1.165, 1.54) is 13.3 Å². The maximum atomic E-state index is 12.9. The molecule has 0 saturated carbocycles. The van der Waals surface area contributed by atoms with Crippen LogP contribution in [0.1, 0.15) is 33.3 Å². The van der Waals surface area contributed by atoms with E-state index in [-0.39, 0.29) is 56.8 Å². The minimum atomic E-state index is -0.598. The monoisotopic (exact) mass is 585 g/mol. The summed E-state index contributed by atoms with van der Waals surface area (Å²) in [5, 5.41) is 2.74. The van der Waals surface area contributed by atoms with Crippen LogP contribution in [0, 0.1) is 7.43 Å². The minimum absolute atomic E-state index is 0. The Balaban J connectivity index is 0.00000160. The van der Waals surface area contributed by atoms with Gasteiger partial charge >= 0.3 is 0 Å². The van der Waals surface area contributed by atoms with Crippen molar-refractivity contribution in [3.8, 4) is 5.75 Å². The second kappa shape index (κ2) is 9.56. The first-order chi connectivity index (χ1) is 13.5. The number of aromatic nitrogens is 1. The molecule has 1 fully saturated rings. The Morgan fingerprint density at radius 3 is 2.63 bits per heavy atom. The minimum Gasteiger partial charge on any atom is -0.491 e. The molecule has 1 radical (unpaired) electrons. The molecule has 8 nitrogen and oxygen atoms in total. The number of benzene rings is 1. The maximum absolute atomic E-state index is 12.9. The fourth-order valence-corrected chi connectivity index (χ4v) is 3.68. The first kappa shape index (κ1) is 23.8. The molecule has 1 saturated heterocycles. The van der Waals surface area contributed by atoms with Crippen molar-refractivity contribution in [2.45, 2.75) is 32.3 Å². The molecule has 161 valence electrons. The molecule has 2 aliphatic heterocycles. The number of nitrogens with zero attached hydrogens (tertiary/aromatic N) is 2. The largest absolute Gasteiger partial charge is 0.491 e. The summed E-state index contributed by atoms with van der Waals surface area (Å²) in [6, 6.07) is 9.31. The number of ether oxygens (including phenoxy) is 2. The van der Waals surface area contributed by atoms with Gasteiger partial charge in [0.15, 0.2) is 17.7 Å². The molecule has 0 aliphatic carbocycles. The zero-order valence-corrected chi connectivity index (χ0v) is 19.8. The summed E-state index contributed by atoms with van der Waals surface area (Å²) in [4.78, 5) is 40.0. The normalized spacial score (nSPS) is 19.1. The van der Waals surface area contributed by atoms with Crippen LogP contribution in [0.3, 0.4) is 0 Å². The molecule has 9 heteroatoms. The summed E-state index contributed by atoms with van der Waals surface area (Å²) in [6.45, 7) is 2.95. The molecule has 1 N–H and O–H groups in total. The Hall–Kier alpha value is -2.47. The Morgan fingerprint density at radius 2 is 1.97 bits per heavy atom. The van der Waals surface area contributed by atoms with E-state index in [1.807, 2.05) is 37.3 Å². The molecule has 30 heavy (non-hydrogen) atoms. The molecule has 4 rings (SSSR count). The van der Waals surface area contributed by atoms with Crippen molar-refractivity contribution >= 4 is 11.8 Å². The van der Waals surface area contributed by atoms with E-state index in [1.54, 1.807) is 9.47 Å². The summed E-state index contributed by atoms with van der Waals surface area (Å²) in [5.74, 6) is -0.959. The number of hydrogen-bond donors (Lipinski definition) is 1. The number of pyridine rings is 1. The quantitative estimate of drug-likeness (QED) is 0.550. The standard InChI is InChI=1S/C20H21N3O5.CH3.Re/c1-12-11-28-15-10-22-9-14(19(25)21-8-13-6-4-3-5-7-13)17(24)18(27-2)16(22)20(26)23(12)15;;/h3-7,9,12,15H,8,10-11H2,1-2H3,(H,21,25);1H3;/q;-1;/t12-,15+;;/m0../s1. The van der Waals surface area contributed by atoms with E-state index < -0.39 is 17.6 Å². The fraction of sp³-hybridized carbons (Fsp3) is 0.333. The molecular formula is C21H24N3O5Re-. The predicted molar refractivity (Wildman–Crippen MR) is 107 cm³/mol. The van der Waals surface area contributed by atoms with Gasteiger partial charge in [0.1, 0.15) is 5.56 Å². The van der Waals surface area contributed by atoms with Crippen molar-refractivity contribution in [1.82, 2.24) is 14.8 Å². The summed E-state index contributed by atoms with van der Waals surface area (Å²) >= 11 is 0. The van der Waals surface area contributed by atoms with Crippen LogP contribution in [0.5, 0.6) is 5.75 Å². The molecule has 2 aromatic rings. The first-order valence-corrected chi connectivity index (χ1v) is 9.09. The second-order valence-electron chi connectivity index (χ2n) is 6.92. The topological polar surface area (TPSA) is 89.9 Å². The van der Waals surface area contributed by atoms with Crippen molar-refractivity contribution in [1.29, 1.82) is 0 Å². The van der Waals surface area contributed by atoms with E-state index >= 15 is 0 Å². The van der Waals surface area contributed by atoms with Gasteiger partial charge in [-0.1, -0.05) is 30.3 Å². The molecule has 1 aromatic carbocycles. The number of amides is 2. The van der Waals surface area contributed by atoms with Crippen LogP contribution in [0.4, 0.5) is 0 Å². The van der Waals surface area contributed by atoms with Crippen LogP contribution >= 0.6 is 0 Å². The smallest absolute Gasteiger partial charge is 0.276 e. The van der Waals surface area contributed by atoms with Gasteiger partial charge in [-0.25, -0.2) is 0 Å². The molecule has 0 spiro atoms. The zero-order valence-electron chi connectivity index (χ0n) is 17.1. The Labute approximate surface area is 188 Å². The van der Waals surface area contributed by atoms with E-state index in [0.717, 1.165) is 5.56 Å². The van der Waals surface area contributed by atoms with Gasteiger partial charge in [-0.2, -0.15) is 0 Å². The molecule has 2 aliphatic rings. The molecular weight excluding hydrogens is 560 g/mol. The van der Waals surface area contributed by atoms with Gasteiger partial charge in [0.05, 0.1) is 26.3 Å². The van der Waals surface area contributed by atoms with Crippen molar-refractivity contribution in [3.63, 3.8) is 0 Å². The summed E-state index contributed by atoms with van der Waals surface area (Å²) in [7, 11) is 1.33. The number of nitrogens with one attached hydrogen (secondary N) is 1. The van der Waals surface area contributed by atoms with Crippen LogP contribution in [0.25, 0.3) is 0 Å².